The molecule has 0 spiro atoms. The lowest BCUT2D eigenvalue weighted by atomic mass is 10.1. The lowest BCUT2D eigenvalue weighted by Crippen LogP contribution is -2.22. The van der Waals surface area contributed by atoms with Gasteiger partial charge in [0.25, 0.3) is 0 Å². The summed E-state index contributed by atoms with van der Waals surface area (Å²) in [5.74, 6) is 0.641. The maximum absolute atomic E-state index is 9.47. The highest BCUT2D eigenvalue weighted by molar-refractivity contribution is 8.17. The molecule has 0 amide bonds. The minimum Gasteiger partial charge on any atom is -0.393 e. The monoisotopic (exact) mass is 192 g/mol. The minimum absolute atomic E-state index is 0.0649. The van der Waals surface area contributed by atoms with Crippen molar-refractivity contribution in [2.24, 2.45) is 5.92 Å². The molecule has 2 unspecified atom stereocenters. The molecule has 0 radical (unpaired) electrons. The number of hydrogen-bond donors (Lipinski definition) is 1. The summed E-state index contributed by atoms with van der Waals surface area (Å²) in [6.45, 7) is 2.24. The maximum Gasteiger partial charge on any atom is 0.0656 e. The summed E-state index contributed by atoms with van der Waals surface area (Å²) in [7, 11) is 0. The highest BCUT2D eigenvalue weighted by atomic mass is 32.2. The Balaban J connectivity index is 2.67. The summed E-state index contributed by atoms with van der Waals surface area (Å²) in [6.07, 6.45) is 6.15. The molecule has 0 bridgehead atoms. The van der Waals surface area contributed by atoms with Gasteiger partial charge in [-0.25, -0.2) is 0 Å². The van der Waals surface area contributed by atoms with Crippen molar-refractivity contribution in [1.82, 2.24) is 0 Å². The first kappa shape index (κ1) is 9.75. The van der Waals surface area contributed by atoms with Crippen molar-refractivity contribution in [2.45, 2.75) is 29.9 Å². The Bertz CT molecular complexity index is 134. The average Bonchev–Trinajstić information content (AvgIpc) is 2.27. The summed E-state index contributed by atoms with van der Waals surface area (Å²) >= 11 is 3.79. The number of hydrogen-bond acceptors (Lipinski definition) is 3. The molecule has 2 atom stereocenters. The number of aliphatic hydroxyl groups is 1. The van der Waals surface area contributed by atoms with Crippen LogP contribution in [0.3, 0.4) is 0 Å². The largest absolute Gasteiger partial charge is 0.393 e. The molecule has 1 N–H and O–H groups in total. The molecular weight excluding hydrogens is 176 g/mol. The van der Waals surface area contributed by atoms with E-state index in [9.17, 15) is 5.11 Å². The summed E-state index contributed by atoms with van der Waals surface area (Å²) < 4.78 is 0.291. The van der Waals surface area contributed by atoms with Gasteiger partial charge in [0.1, 0.15) is 0 Å². The van der Waals surface area contributed by atoms with Gasteiger partial charge in [0, 0.05) is 0 Å². The van der Waals surface area contributed by atoms with Crippen molar-refractivity contribution in [1.29, 1.82) is 0 Å². The Labute approximate surface area is 77.3 Å². The Hall–Kier alpha value is 0.660. The summed E-state index contributed by atoms with van der Waals surface area (Å²) in [5.41, 5.74) is 0. The first-order valence-corrected chi connectivity index (χ1v) is 6.38. The van der Waals surface area contributed by atoms with Crippen LogP contribution >= 0.6 is 23.5 Å². The van der Waals surface area contributed by atoms with Crippen LogP contribution in [-0.2, 0) is 0 Å². The third-order valence-electron chi connectivity index (χ3n) is 2.59. The smallest absolute Gasteiger partial charge is 0.0656 e. The normalized spacial score (nSPS) is 36.0. The van der Waals surface area contributed by atoms with Crippen LogP contribution in [0.25, 0.3) is 0 Å². The highest BCUT2D eigenvalue weighted by Crippen LogP contribution is 2.51. The molecule has 1 nitrogen and oxygen atoms in total. The fraction of sp³-hybridized carbons (Fsp3) is 1.00. The quantitative estimate of drug-likeness (QED) is 0.677. The van der Waals surface area contributed by atoms with Crippen LogP contribution in [0, 0.1) is 5.92 Å². The molecule has 66 valence electrons. The van der Waals surface area contributed by atoms with Crippen LogP contribution in [0.15, 0.2) is 0 Å². The predicted molar refractivity (Wildman–Crippen MR) is 54.2 cm³/mol. The standard InChI is InChI=1S/C8H16OS2/c1-6-4-7(9)5-8(6,10-2)11-3/h6-7,9H,4-5H2,1-3H3. The van der Waals surface area contributed by atoms with Gasteiger partial charge in [0.05, 0.1) is 10.2 Å². The zero-order chi connectivity index (χ0) is 8.48. The van der Waals surface area contributed by atoms with Crippen molar-refractivity contribution >= 4 is 23.5 Å². The third kappa shape index (κ3) is 1.70. The Morgan fingerprint density at radius 1 is 1.36 bits per heavy atom. The highest BCUT2D eigenvalue weighted by Gasteiger charge is 2.43. The SMILES string of the molecule is CSC1(SC)CC(O)CC1C. The van der Waals surface area contributed by atoms with Gasteiger partial charge in [-0.05, 0) is 31.3 Å². The van der Waals surface area contributed by atoms with Gasteiger partial charge >= 0.3 is 0 Å². The molecule has 0 aromatic heterocycles. The molecule has 1 aliphatic rings. The predicted octanol–water partition coefficient (Wildman–Crippen LogP) is 2.20. The van der Waals surface area contributed by atoms with Crippen molar-refractivity contribution in [3.8, 4) is 0 Å². The van der Waals surface area contributed by atoms with Gasteiger partial charge in [0.15, 0.2) is 0 Å². The molecule has 0 aromatic carbocycles. The van der Waals surface area contributed by atoms with E-state index < -0.39 is 0 Å². The number of thioether (sulfide) groups is 2. The molecule has 1 rings (SSSR count). The van der Waals surface area contributed by atoms with Crippen LogP contribution in [0.5, 0.6) is 0 Å². The maximum atomic E-state index is 9.47. The van der Waals surface area contributed by atoms with E-state index in [0.717, 1.165) is 12.8 Å². The average molecular weight is 192 g/mol. The zero-order valence-electron chi connectivity index (χ0n) is 7.33. The van der Waals surface area contributed by atoms with E-state index in [1.165, 1.54) is 0 Å². The van der Waals surface area contributed by atoms with E-state index in [2.05, 4.69) is 19.4 Å². The second kappa shape index (κ2) is 3.58. The molecular formula is C8H16OS2. The van der Waals surface area contributed by atoms with Gasteiger partial charge in [-0.2, -0.15) is 0 Å². The zero-order valence-corrected chi connectivity index (χ0v) is 8.97. The fourth-order valence-electron chi connectivity index (χ4n) is 1.85. The van der Waals surface area contributed by atoms with Gasteiger partial charge in [0.2, 0.25) is 0 Å². The Kier molecular flexibility index (Phi) is 3.18. The molecule has 0 heterocycles. The van der Waals surface area contributed by atoms with Crippen molar-refractivity contribution in [2.75, 3.05) is 12.5 Å². The lowest BCUT2D eigenvalue weighted by molar-refractivity contribution is 0.178. The first-order valence-electron chi connectivity index (χ1n) is 3.93. The molecule has 3 heteroatoms. The third-order valence-corrected chi connectivity index (χ3v) is 6.11. The number of aliphatic hydroxyl groups excluding tert-OH is 1. The van der Waals surface area contributed by atoms with Crippen molar-refractivity contribution in [3.63, 3.8) is 0 Å². The molecule has 1 fully saturated rings. The first-order chi connectivity index (χ1) is 5.14. The molecule has 0 saturated heterocycles. The molecule has 0 aromatic rings. The van der Waals surface area contributed by atoms with Gasteiger partial charge in [-0.15, -0.1) is 23.5 Å². The summed E-state index contributed by atoms with van der Waals surface area (Å²) in [6, 6.07) is 0. The van der Waals surface area contributed by atoms with Crippen LogP contribution < -0.4 is 0 Å². The molecule has 1 aliphatic carbocycles. The van der Waals surface area contributed by atoms with Gasteiger partial charge in [-0.1, -0.05) is 6.92 Å². The van der Waals surface area contributed by atoms with Crippen LogP contribution in [0.2, 0.25) is 0 Å². The van der Waals surface area contributed by atoms with Crippen molar-refractivity contribution < 1.29 is 5.11 Å². The lowest BCUT2D eigenvalue weighted by Gasteiger charge is -2.29. The van der Waals surface area contributed by atoms with Crippen molar-refractivity contribution in [3.05, 3.63) is 0 Å². The molecule has 11 heavy (non-hydrogen) atoms. The Morgan fingerprint density at radius 2 is 1.91 bits per heavy atom. The topological polar surface area (TPSA) is 20.2 Å². The minimum atomic E-state index is -0.0649. The van der Waals surface area contributed by atoms with E-state index in [0.29, 0.717) is 10.00 Å². The van der Waals surface area contributed by atoms with E-state index in [1.54, 1.807) is 0 Å². The fourth-order valence-corrected chi connectivity index (χ4v) is 4.23. The van der Waals surface area contributed by atoms with E-state index in [4.69, 9.17) is 0 Å². The Morgan fingerprint density at radius 3 is 2.09 bits per heavy atom. The number of rotatable bonds is 2. The second-order valence-electron chi connectivity index (χ2n) is 3.21. The van der Waals surface area contributed by atoms with Gasteiger partial charge < -0.3 is 5.11 Å². The van der Waals surface area contributed by atoms with Crippen LogP contribution in [-0.4, -0.2) is 27.8 Å². The molecule has 0 aliphatic heterocycles. The van der Waals surface area contributed by atoms with E-state index >= 15 is 0 Å². The van der Waals surface area contributed by atoms with E-state index in [-0.39, 0.29) is 6.10 Å². The van der Waals surface area contributed by atoms with E-state index in [1.807, 2.05) is 23.5 Å². The van der Waals surface area contributed by atoms with Gasteiger partial charge in [-0.3, -0.25) is 0 Å². The van der Waals surface area contributed by atoms with Crippen LogP contribution in [0.4, 0.5) is 0 Å². The second-order valence-corrected chi connectivity index (χ2v) is 5.75. The molecule has 1 saturated carbocycles. The summed E-state index contributed by atoms with van der Waals surface area (Å²) in [4.78, 5) is 0. The van der Waals surface area contributed by atoms with Crippen LogP contribution in [0.1, 0.15) is 19.8 Å². The summed E-state index contributed by atoms with van der Waals surface area (Å²) in [5, 5.41) is 9.47.